The second-order valence-corrected chi connectivity index (χ2v) is 5.58. The van der Waals surface area contributed by atoms with Gasteiger partial charge in [0.25, 0.3) is 0 Å². The van der Waals surface area contributed by atoms with Gasteiger partial charge in [-0.1, -0.05) is 6.07 Å². The molecule has 0 bridgehead atoms. The van der Waals surface area contributed by atoms with E-state index in [9.17, 15) is 4.79 Å². The van der Waals surface area contributed by atoms with E-state index in [4.69, 9.17) is 4.74 Å². The normalized spacial score (nSPS) is 10.5. The molecule has 0 fully saturated rings. The fourth-order valence-corrected chi connectivity index (χ4v) is 2.45. The summed E-state index contributed by atoms with van der Waals surface area (Å²) in [4.78, 5) is 23.1. The number of ether oxygens (including phenoxy) is 1. The molecule has 0 atom stereocenters. The Morgan fingerprint density at radius 3 is 2.39 bits per heavy atom. The summed E-state index contributed by atoms with van der Waals surface area (Å²) in [5.74, 6) is 0.474. The predicted molar refractivity (Wildman–Crippen MR) is 91.4 cm³/mol. The minimum atomic E-state index is -0.315. The van der Waals surface area contributed by atoms with E-state index in [0.29, 0.717) is 12.2 Å². The van der Waals surface area contributed by atoms with Gasteiger partial charge in [-0.25, -0.2) is 9.78 Å². The molecular weight excluding hydrogens is 290 g/mol. The maximum atomic E-state index is 12.0. The third-order valence-corrected chi connectivity index (χ3v) is 3.86. The fourth-order valence-electron chi connectivity index (χ4n) is 2.45. The van der Waals surface area contributed by atoms with E-state index in [1.54, 1.807) is 13.0 Å². The van der Waals surface area contributed by atoms with Gasteiger partial charge in [-0.2, -0.15) is 0 Å². The van der Waals surface area contributed by atoms with Gasteiger partial charge >= 0.3 is 5.97 Å². The van der Waals surface area contributed by atoms with Crippen molar-refractivity contribution in [2.45, 2.75) is 34.6 Å². The quantitative estimate of drug-likeness (QED) is 0.806. The molecule has 2 aromatic rings. The van der Waals surface area contributed by atoms with Crippen molar-refractivity contribution in [1.29, 1.82) is 0 Å². The van der Waals surface area contributed by atoms with Gasteiger partial charge in [0.2, 0.25) is 0 Å². The summed E-state index contributed by atoms with van der Waals surface area (Å²) < 4.78 is 5.08. The molecule has 0 saturated carbocycles. The Kier molecular flexibility index (Phi) is 4.98. The Hall–Kier alpha value is -2.43. The lowest BCUT2D eigenvalue weighted by molar-refractivity contribution is 0.0526. The Labute approximate surface area is 137 Å². The Morgan fingerprint density at radius 2 is 1.74 bits per heavy atom. The third kappa shape index (κ3) is 3.50. The molecule has 5 heteroatoms. The average molecular weight is 313 g/mol. The van der Waals surface area contributed by atoms with Crippen LogP contribution < -0.4 is 4.90 Å². The number of aromatic nitrogens is 2. The number of carbonyl (C=O) groups excluding carboxylic acids is 1. The highest BCUT2D eigenvalue weighted by molar-refractivity contribution is 5.91. The Balaban J connectivity index is 2.47. The van der Waals surface area contributed by atoms with Crippen LogP contribution in [0.1, 0.15) is 39.9 Å². The highest BCUT2D eigenvalue weighted by atomic mass is 16.5. The van der Waals surface area contributed by atoms with Crippen LogP contribution in [0.15, 0.2) is 18.2 Å². The molecule has 0 amide bonds. The number of hydrogen-bond acceptors (Lipinski definition) is 5. The number of benzene rings is 1. The van der Waals surface area contributed by atoms with Gasteiger partial charge in [-0.05, 0) is 52.3 Å². The summed E-state index contributed by atoms with van der Waals surface area (Å²) in [6.07, 6.45) is 0. The van der Waals surface area contributed by atoms with E-state index in [-0.39, 0.29) is 5.97 Å². The highest BCUT2D eigenvalue weighted by Crippen LogP contribution is 2.28. The zero-order valence-electron chi connectivity index (χ0n) is 14.6. The van der Waals surface area contributed by atoms with Gasteiger partial charge in [0, 0.05) is 12.7 Å². The third-order valence-electron chi connectivity index (χ3n) is 3.86. The van der Waals surface area contributed by atoms with Crippen LogP contribution in [0.3, 0.4) is 0 Å². The van der Waals surface area contributed by atoms with Gasteiger partial charge in [0.15, 0.2) is 5.82 Å². The SMILES string of the molecule is CCOC(=O)c1ccc(C)c(N(C)c2nc(C)c(C)nc2C)c1. The summed E-state index contributed by atoms with van der Waals surface area (Å²) in [7, 11) is 1.93. The van der Waals surface area contributed by atoms with E-state index >= 15 is 0 Å². The number of hydrogen-bond donors (Lipinski definition) is 0. The summed E-state index contributed by atoms with van der Waals surface area (Å²) in [6.45, 7) is 10.00. The number of esters is 1. The molecule has 0 saturated heterocycles. The van der Waals surface area contributed by atoms with Crippen LogP contribution in [0.4, 0.5) is 11.5 Å². The molecule has 0 N–H and O–H groups in total. The molecule has 5 nitrogen and oxygen atoms in total. The van der Waals surface area contributed by atoms with Crippen molar-refractivity contribution in [2.75, 3.05) is 18.6 Å². The fraction of sp³-hybridized carbons (Fsp3) is 0.389. The topological polar surface area (TPSA) is 55.3 Å². The maximum Gasteiger partial charge on any atom is 0.338 e. The monoisotopic (exact) mass is 313 g/mol. The second-order valence-electron chi connectivity index (χ2n) is 5.58. The summed E-state index contributed by atoms with van der Waals surface area (Å²) in [5.41, 5.74) is 5.19. The molecule has 2 rings (SSSR count). The van der Waals surface area contributed by atoms with Crippen LogP contribution >= 0.6 is 0 Å². The van der Waals surface area contributed by atoms with Gasteiger partial charge in [-0.15, -0.1) is 0 Å². The molecule has 122 valence electrons. The minimum Gasteiger partial charge on any atom is -0.462 e. The number of anilines is 2. The predicted octanol–water partition coefficient (Wildman–Crippen LogP) is 3.65. The summed E-state index contributed by atoms with van der Waals surface area (Å²) in [6, 6.07) is 5.54. The standard InChI is InChI=1S/C18H23N3O2/c1-7-23-18(22)15-9-8-11(2)16(10-15)21(6)17-14(5)19-12(3)13(4)20-17/h8-10H,7H2,1-6H3. The first-order chi connectivity index (χ1) is 10.8. The number of rotatable bonds is 4. The lowest BCUT2D eigenvalue weighted by atomic mass is 10.1. The maximum absolute atomic E-state index is 12.0. The van der Waals surface area contributed by atoms with Crippen molar-refractivity contribution in [1.82, 2.24) is 9.97 Å². The van der Waals surface area contributed by atoms with Crippen molar-refractivity contribution < 1.29 is 9.53 Å². The van der Waals surface area contributed by atoms with E-state index in [1.807, 2.05) is 51.8 Å². The van der Waals surface area contributed by atoms with E-state index in [2.05, 4.69) is 9.97 Å². The van der Waals surface area contributed by atoms with Gasteiger partial charge in [-0.3, -0.25) is 4.98 Å². The van der Waals surface area contributed by atoms with Crippen LogP contribution in [0.25, 0.3) is 0 Å². The first kappa shape index (κ1) is 16.9. The first-order valence-corrected chi connectivity index (χ1v) is 7.68. The first-order valence-electron chi connectivity index (χ1n) is 7.68. The Bertz CT molecular complexity index is 741. The number of aryl methyl sites for hydroxylation is 4. The van der Waals surface area contributed by atoms with E-state index in [1.165, 1.54) is 0 Å². The number of carbonyl (C=O) groups is 1. The molecule has 0 radical (unpaired) electrons. The van der Waals surface area contributed by atoms with Crippen molar-refractivity contribution >= 4 is 17.5 Å². The van der Waals surface area contributed by atoms with Gasteiger partial charge in [0.1, 0.15) is 0 Å². The summed E-state index contributed by atoms with van der Waals surface area (Å²) in [5, 5.41) is 0. The molecule has 0 aliphatic rings. The lowest BCUT2D eigenvalue weighted by Crippen LogP contribution is -2.17. The molecule has 1 heterocycles. The Morgan fingerprint density at radius 1 is 1.09 bits per heavy atom. The molecule has 0 unspecified atom stereocenters. The van der Waals surface area contributed by atoms with Crippen LogP contribution in [0.2, 0.25) is 0 Å². The molecule has 0 spiro atoms. The van der Waals surface area contributed by atoms with Gasteiger partial charge in [0.05, 0.1) is 29.3 Å². The van der Waals surface area contributed by atoms with Gasteiger partial charge < -0.3 is 9.64 Å². The molecule has 1 aromatic carbocycles. The van der Waals surface area contributed by atoms with Crippen molar-refractivity contribution in [3.05, 3.63) is 46.4 Å². The van der Waals surface area contributed by atoms with Crippen LogP contribution in [0.5, 0.6) is 0 Å². The molecule has 0 aliphatic carbocycles. The smallest absolute Gasteiger partial charge is 0.338 e. The van der Waals surface area contributed by atoms with Crippen LogP contribution in [-0.4, -0.2) is 29.6 Å². The average Bonchev–Trinajstić information content (AvgIpc) is 2.51. The minimum absolute atomic E-state index is 0.315. The zero-order valence-corrected chi connectivity index (χ0v) is 14.6. The molecule has 0 aliphatic heterocycles. The molecule has 23 heavy (non-hydrogen) atoms. The largest absolute Gasteiger partial charge is 0.462 e. The second kappa shape index (κ2) is 6.77. The van der Waals surface area contributed by atoms with Crippen LogP contribution in [-0.2, 0) is 4.74 Å². The van der Waals surface area contributed by atoms with Crippen molar-refractivity contribution in [3.63, 3.8) is 0 Å². The molecular formula is C18H23N3O2. The van der Waals surface area contributed by atoms with Crippen LogP contribution in [0, 0.1) is 27.7 Å². The molecule has 1 aromatic heterocycles. The highest BCUT2D eigenvalue weighted by Gasteiger charge is 2.16. The lowest BCUT2D eigenvalue weighted by Gasteiger charge is -2.23. The zero-order chi connectivity index (χ0) is 17.1. The van der Waals surface area contributed by atoms with Crippen molar-refractivity contribution in [2.24, 2.45) is 0 Å². The number of nitrogens with zero attached hydrogens (tertiary/aromatic N) is 3. The van der Waals surface area contributed by atoms with E-state index in [0.717, 1.165) is 34.2 Å². The summed E-state index contributed by atoms with van der Waals surface area (Å²) >= 11 is 0. The van der Waals surface area contributed by atoms with Crippen molar-refractivity contribution in [3.8, 4) is 0 Å². The van der Waals surface area contributed by atoms with E-state index < -0.39 is 0 Å².